The Labute approximate surface area is 89.2 Å². The highest BCUT2D eigenvalue weighted by atomic mass is 32.1. The Balaban J connectivity index is 2.33. The molecule has 2 N–H and O–H groups in total. The van der Waals surface area contributed by atoms with Crippen molar-refractivity contribution in [2.45, 2.75) is 32.9 Å². The minimum Gasteiger partial charge on any atom is -0.396 e. The Morgan fingerprint density at radius 2 is 2.36 bits per heavy atom. The molecule has 0 aliphatic heterocycles. The summed E-state index contributed by atoms with van der Waals surface area (Å²) in [6.45, 7) is 5.44. The van der Waals surface area contributed by atoms with Gasteiger partial charge in [0, 0.05) is 30.3 Å². The average Bonchev–Trinajstić information content (AvgIpc) is 2.64. The van der Waals surface area contributed by atoms with Gasteiger partial charge in [0.15, 0.2) is 0 Å². The number of hydrogen-bond acceptors (Lipinski definition) is 4. The maximum absolute atomic E-state index is 8.89. The Hall–Kier alpha value is -0.450. The third kappa shape index (κ3) is 3.74. The zero-order valence-electron chi connectivity index (χ0n) is 8.73. The van der Waals surface area contributed by atoms with E-state index in [0.29, 0.717) is 12.0 Å². The summed E-state index contributed by atoms with van der Waals surface area (Å²) in [6.07, 6.45) is 2.70. The van der Waals surface area contributed by atoms with E-state index in [1.807, 2.05) is 11.7 Å². The monoisotopic (exact) mass is 214 g/mol. The summed E-state index contributed by atoms with van der Waals surface area (Å²) in [7, 11) is 0. The van der Waals surface area contributed by atoms with Crippen molar-refractivity contribution in [1.82, 2.24) is 10.3 Å². The lowest BCUT2D eigenvalue weighted by atomic mass is 10.0. The second kappa shape index (κ2) is 6.11. The molecule has 0 amide bonds. The summed E-state index contributed by atoms with van der Waals surface area (Å²) in [6, 6.07) is 0.391. The molecule has 14 heavy (non-hydrogen) atoms. The van der Waals surface area contributed by atoms with Crippen molar-refractivity contribution in [1.29, 1.82) is 0 Å². The van der Waals surface area contributed by atoms with Crippen molar-refractivity contribution in [3.8, 4) is 0 Å². The van der Waals surface area contributed by atoms with Gasteiger partial charge in [0.05, 0.1) is 5.51 Å². The fraction of sp³-hybridized carbons (Fsp3) is 0.700. The maximum atomic E-state index is 8.89. The van der Waals surface area contributed by atoms with Crippen molar-refractivity contribution < 1.29 is 5.11 Å². The van der Waals surface area contributed by atoms with E-state index in [4.69, 9.17) is 5.11 Å². The van der Waals surface area contributed by atoms with Crippen LogP contribution in [0.4, 0.5) is 0 Å². The van der Waals surface area contributed by atoms with E-state index in [1.54, 1.807) is 11.3 Å². The van der Waals surface area contributed by atoms with E-state index >= 15 is 0 Å². The number of nitrogens with one attached hydrogen (secondary N) is 1. The van der Waals surface area contributed by atoms with Gasteiger partial charge >= 0.3 is 0 Å². The first-order chi connectivity index (χ1) is 6.74. The van der Waals surface area contributed by atoms with E-state index in [-0.39, 0.29) is 6.61 Å². The van der Waals surface area contributed by atoms with Crippen molar-refractivity contribution >= 4 is 11.3 Å². The van der Waals surface area contributed by atoms with Gasteiger partial charge in [-0.15, -0.1) is 11.3 Å². The number of aliphatic hydroxyl groups excluding tert-OH is 1. The molecule has 0 spiro atoms. The molecule has 1 atom stereocenters. The molecule has 0 aliphatic rings. The van der Waals surface area contributed by atoms with Crippen molar-refractivity contribution in [2.24, 2.45) is 5.92 Å². The zero-order valence-corrected chi connectivity index (χ0v) is 9.55. The van der Waals surface area contributed by atoms with E-state index in [1.165, 1.54) is 4.88 Å². The average molecular weight is 214 g/mol. The summed E-state index contributed by atoms with van der Waals surface area (Å²) < 4.78 is 0. The number of rotatable bonds is 6. The van der Waals surface area contributed by atoms with E-state index < -0.39 is 0 Å². The van der Waals surface area contributed by atoms with E-state index in [9.17, 15) is 0 Å². The Kier molecular flexibility index (Phi) is 5.07. The van der Waals surface area contributed by atoms with Gasteiger partial charge in [-0.3, -0.25) is 4.98 Å². The highest BCUT2D eigenvalue weighted by Gasteiger charge is 2.11. The topological polar surface area (TPSA) is 45.1 Å². The maximum Gasteiger partial charge on any atom is 0.0794 e. The lowest BCUT2D eigenvalue weighted by Crippen LogP contribution is -2.33. The molecule has 0 aliphatic carbocycles. The van der Waals surface area contributed by atoms with Gasteiger partial charge in [-0.05, 0) is 12.3 Å². The molecular weight excluding hydrogens is 196 g/mol. The molecule has 4 heteroatoms. The molecule has 80 valence electrons. The minimum atomic E-state index is 0.249. The summed E-state index contributed by atoms with van der Waals surface area (Å²) in [5.74, 6) is 0.551. The van der Waals surface area contributed by atoms with Gasteiger partial charge in [0.2, 0.25) is 0 Å². The number of thiazole rings is 1. The second-order valence-corrected chi connectivity index (χ2v) is 4.68. The Bertz CT molecular complexity index is 236. The van der Waals surface area contributed by atoms with Crippen LogP contribution in [0.2, 0.25) is 0 Å². The van der Waals surface area contributed by atoms with Crippen LogP contribution in [0.15, 0.2) is 11.7 Å². The largest absolute Gasteiger partial charge is 0.396 e. The van der Waals surface area contributed by atoms with Crippen molar-refractivity contribution in [2.75, 3.05) is 6.61 Å². The van der Waals surface area contributed by atoms with Crippen LogP contribution >= 0.6 is 11.3 Å². The number of hydrogen-bond donors (Lipinski definition) is 2. The van der Waals surface area contributed by atoms with Gasteiger partial charge < -0.3 is 10.4 Å². The van der Waals surface area contributed by atoms with Crippen LogP contribution in [-0.4, -0.2) is 22.7 Å². The van der Waals surface area contributed by atoms with Crippen molar-refractivity contribution in [3.05, 3.63) is 16.6 Å². The van der Waals surface area contributed by atoms with Gasteiger partial charge in [-0.2, -0.15) is 0 Å². The van der Waals surface area contributed by atoms with Crippen LogP contribution in [0.5, 0.6) is 0 Å². The fourth-order valence-electron chi connectivity index (χ4n) is 1.37. The molecule has 1 unspecified atom stereocenters. The molecule has 3 nitrogen and oxygen atoms in total. The van der Waals surface area contributed by atoms with Crippen LogP contribution in [0.3, 0.4) is 0 Å². The summed E-state index contributed by atoms with van der Waals surface area (Å²) in [5, 5.41) is 12.3. The van der Waals surface area contributed by atoms with Crippen molar-refractivity contribution in [3.63, 3.8) is 0 Å². The molecule has 1 aromatic rings. The van der Waals surface area contributed by atoms with E-state index in [2.05, 4.69) is 24.1 Å². The van der Waals surface area contributed by atoms with Crippen LogP contribution in [-0.2, 0) is 6.54 Å². The normalized spacial score (nSPS) is 13.4. The lowest BCUT2D eigenvalue weighted by molar-refractivity contribution is 0.244. The fourth-order valence-corrected chi connectivity index (χ4v) is 1.92. The molecule has 0 radical (unpaired) electrons. The predicted octanol–water partition coefficient (Wildman–Crippen LogP) is 1.64. The quantitative estimate of drug-likeness (QED) is 0.756. The molecule has 0 saturated carbocycles. The van der Waals surface area contributed by atoms with Gasteiger partial charge in [-0.1, -0.05) is 13.8 Å². The first-order valence-corrected chi connectivity index (χ1v) is 5.83. The molecule has 1 rings (SSSR count). The Morgan fingerprint density at radius 1 is 1.57 bits per heavy atom. The van der Waals surface area contributed by atoms with Crippen LogP contribution in [0.1, 0.15) is 25.1 Å². The SMILES string of the molecule is CC(C)C(CCO)NCc1cncs1. The number of aromatic nitrogens is 1. The highest BCUT2D eigenvalue weighted by Crippen LogP contribution is 2.09. The van der Waals surface area contributed by atoms with Gasteiger partial charge in [-0.25, -0.2) is 0 Å². The lowest BCUT2D eigenvalue weighted by Gasteiger charge is -2.20. The molecule has 0 bridgehead atoms. The summed E-state index contributed by atoms with van der Waals surface area (Å²) >= 11 is 1.66. The van der Waals surface area contributed by atoms with Gasteiger partial charge in [0.25, 0.3) is 0 Å². The smallest absolute Gasteiger partial charge is 0.0794 e. The summed E-state index contributed by atoms with van der Waals surface area (Å²) in [5.41, 5.74) is 1.84. The second-order valence-electron chi connectivity index (χ2n) is 3.71. The molecule has 0 fully saturated rings. The number of nitrogens with zero attached hydrogens (tertiary/aromatic N) is 1. The third-order valence-corrected chi connectivity index (χ3v) is 3.05. The van der Waals surface area contributed by atoms with E-state index in [0.717, 1.165) is 13.0 Å². The first kappa shape index (κ1) is 11.6. The van der Waals surface area contributed by atoms with Crippen LogP contribution in [0.25, 0.3) is 0 Å². The highest BCUT2D eigenvalue weighted by molar-refractivity contribution is 7.09. The standard InChI is InChI=1S/C10H18N2OS/c1-8(2)10(3-4-13)12-6-9-5-11-7-14-9/h5,7-8,10,12-13H,3-4,6H2,1-2H3. The first-order valence-electron chi connectivity index (χ1n) is 4.95. The Morgan fingerprint density at radius 3 is 2.86 bits per heavy atom. The predicted molar refractivity (Wildman–Crippen MR) is 59.3 cm³/mol. The van der Waals surface area contributed by atoms with Crippen LogP contribution < -0.4 is 5.32 Å². The minimum absolute atomic E-state index is 0.249. The molecule has 1 heterocycles. The van der Waals surface area contributed by atoms with Crippen LogP contribution in [0, 0.1) is 5.92 Å². The number of aliphatic hydroxyl groups is 1. The zero-order chi connectivity index (χ0) is 10.4. The molecule has 1 aromatic heterocycles. The third-order valence-electron chi connectivity index (χ3n) is 2.27. The molecule has 0 aromatic carbocycles. The summed E-state index contributed by atoms with van der Waals surface area (Å²) in [4.78, 5) is 5.26. The van der Waals surface area contributed by atoms with Gasteiger partial charge in [0.1, 0.15) is 0 Å². The molecule has 0 saturated heterocycles. The molecular formula is C10H18N2OS.